The summed E-state index contributed by atoms with van der Waals surface area (Å²) in [6.07, 6.45) is 10.1. The Morgan fingerprint density at radius 2 is 1.62 bits per heavy atom. The van der Waals surface area contributed by atoms with Crippen LogP contribution < -0.4 is 5.32 Å². The van der Waals surface area contributed by atoms with E-state index in [-0.39, 0.29) is 0 Å². The Labute approximate surface area is 219 Å². The summed E-state index contributed by atoms with van der Waals surface area (Å²) in [5.74, 6) is -1.52. The summed E-state index contributed by atoms with van der Waals surface area (Å²) >= 11 is 0. The van der Waals surface area contributed by atoms with Crippen molar-refractivity contribution in [1.29, 1.82) is 0 Å². The third-order valence-corrected chi connectivity index (χ3v) is 6.97. The van der Waals surface area contributed by atoms with Gasteiger partial charge in [-0.1, -0.05) is 48.9 Å². The van der Waals surface area contributed by atoms with Crippen molar-refractivity contribution in [2.45, 2.75) is 57.9 Å². The number of ketones is 1. The van der Waals surface area contributed by atoms with Gasteiger partial charge in [-0.15, -0.1) is 0 Å². The second-order valence-electron chi connectivity index (χ2n) is 9.79. The van der Waals surface area contributed by atoms with Gasteiger partial charge in [0.05, 0.1) is 0 Å². The van der Waals surface area contributed by atoms with Gasteiger partial charge in [-0.3, -0.25) is 9.69 Å². The van der Waals surface area contributed by atoms with E-state index in [0.29, 0.717) is 30.3 Å². The number of hydrogen-bond acceptors (Lipinski definition) is 5. The number of carboxylic acids is 2. The first kappa shape index (κ1) is 28.1. The maximum absolute atomic E-state index is 12.8. The van der Waals surface area contributed by atoms with Crippen molar-refractivity contribution in [3.8, 4) is 0 Å². The van der Waals surface area contributed by atoms with Crippen LogP contribution in [0.3, 0.4) is 0 Å². The van der Waals surface area contributed by atoms with Crippen molar-refractivity contribution >= 4 is 23.4 Å². The average Bonchev–Trinajstić information content (AvgIpc) is 2.88. The number of carbonyl (C=O) groups is 3. The molecule has 0 spiro atoms. The van der Waals surface area contributed by atoms with Gasteiger partial charge in [-0.2, -0.15) is 0 Å². The lowest BCUT2D eigenvalue weighted by atomic mass is 9.90. The van der Waals surface area contributed by atoms with Crippen molar-refractivity contribution in [2.75, 3.05) is 25.0 Å². The van der Waals surface area contributed by atoms with Crippen LogP contribution >= 0.6 is 0 Å². The molecule has 0 aliphatic carbocycles. The largest absolute Gasteiger partial charge is 0.478 e. The number of aliphatic carboxylic acids is 2. The molecular formula is C30H38N2O5. The number of rotatable bonds is 8. The molecule has 37 heavy (non-hydrogen) atoms. The summed E-state index contributed by atoms with van der Waals surface area (Å²) in [7, 11) is 0. The first-order chi connectivity index (χ1) is 17.9. The summed E-state index contributed by atoms with van der Waals surface area (Å²) in [5, 5.41) is 19.2. The molecule has 7 nitrogen and oxygen atoms in total. The maximum Gasteiger partial charge on any atom is 0.328 e. The fourth-order valence-electron chi connectivity index (χ4n) is 4.87. The zero-order chi connectivity index (χ0) is 26.5. The number of anilines is 1. The first-order valence-electron chi connectivity index (χ1n) is 13.2. The molecule has 2 aromatic rings. The predicted molar refractivity (Wildman–Crippen MR) is 145 cm³/mol. The highest BCUT2D eigenvalue weighted by molar-refractivity contribution is 5.97. The number of likely N-dealkylation sites (tertiary alicyclic amines) is 1. The second-order valence-corrected chi connectivity index (χ2v) is 9.79. The van der Waals surface area contributed by atoms with E-state index in [0.717, 1.165) is 44.6 Å². The van der Waals surface area contributed by atoms with E-state index >= 15 is 0 Å². The van der Waals surface area contributed by atoms with E-state index in [1.54, 1.807) is 0 Å². The Morgan fingerprint density at radius 3 is 2.30 bits per heavy atom. The van der Waals surface area contributed by atoms with Gasteiger partial charge in [0, 0.05) is 42.9 Å². The lowest BCUT2D eigenvalue weighted by molar-refractivity contribution is -0.134. The van der Waals surface area contributed by atoms with Crippen LogP contribution in [0.5, 0.6) is 0 Å². The van der Waals surface area contributed by atoms with E-state index in [1.807, 2.05) is 6.07 Å². The molecule has 2 aliphatic heterocycles. The van der Waals surface area contributed by atoms with Crippen molar-refractivity contribution < 1.29 is 24.6 Å². The van der Waals surface area contributed by atoms with Crippen molar-refractivity contribution in [3.63, 3.8) is 0 Å². The lowest BCUT2D eigenvalue weighted by Crippen LogP contribution is -2.33. The van der Waals surface area contributed by atoms with Gasteiger partial charge in [-0.25, -0.2) is 9.59 Å². The van der Waals surface area contributed by atoms with Gasteiger partial charge in [0.1, 0.15) is 0 Å². The first-order valence-corrected chi connectivity index (χ1v) is 13.2. The van der Waals surface area contributed by atoms with E-state index in [9.17, 15) is 14.4 Å². The maximum atomic E-state index is 12.8. The number of carboxylic acid groups (broad SMARTS) is 2. The highest BCUT2D eigenvalue weighted by atomic mass is 16.4. The fraction of sp³-hybridized carbons (Fsp3) is 0.433. The minimum absolute atomic E-state index is 0.309. The predicted octanol–water partition coefficient (Wildman–Crippen LogP) is 5.41. The fourth-order valence-corrected chi connectivity index (χ4v) is 4.87. The van der Waals surface area contributed by atoms with Crippen molar-refractivity contribution in [2.24, 2.45) is 5.92 Å². The molecular weight excluding hydrogens is 468 g/mol. The quantitative estimate of drug-likeness (QED) is 0.324. The van der Waals surface area contributed by atoms with Crippen LogP contribution in [0.4, 0.5) is 5.69 Å². The zero-order valence-electron chi connectivity index (χ0n) is 21.4. The number of benzene rings is 2. The number of piperidine rings is 1. The topological polar surface area (TPSA) is 107 Å². The van der Waals surface area contributed by atoms with E-state index in [1.165, 1.54) is 48.9 Å². The van der Waals surface area contributed by atoms with Gasteiger partial charge in [-0.05, 0) is 74.7 Å². The lowest BCUT2D eigenvalue weighted by Gasteiger charge is -2.32. The molecule has 0 amide bonds. The minimum atomic E-state index is -1.26. The van der Waals surface area contributed by atoms with Crippen LogP contribution in [0.25, 0.3) is 0 Å². The number of fused-ring (bicyclic) bond motifs is 1. The molecule has 1 fully saturated rings. The van der Waals surface area contributed by atoms with E-state index < -0.39 is 11.9 Å². The molecule has 0 saturated carbocycles. The average molecular weight is 507 g/mol. The standard InChI is InChI=1S/C26H34N2O.C4H4O4/c29-26(24-12-11-23-9-5-2-6-16-27-25(23)19-24)13-10-21-14-17-28(18-15-21)20-22-7-3-1-4-8-22;5-3(6)1-2-4(7)8/h1,3-4,7-8,11-12,19,21,27H,2,5-6,9-10,13-18,20H2;1-2H,(H,5,6)(H,7,8)/b;2-1+. The third kappa shape index (κ3) is 10.2. The van der Waals surface area contributed by atoms with Crippen LogP contribution in [0.15, 0.2) is 60.7 Å². The Bertz CT molecular complexity index is 1040. The van der Waals surface area contributed by atoms with Crippen molar-refractivity contribution in [1.82, 2.24) is 4.90 Å². The molecule has 0 aromatic heterocycles. The highest BCUT2D eigenvalue weighted by Gasteiger charge is 2.20. The molecule has 1 saturated heterocycles. The van der Waals surface area contributed by atoms with E-state index in [4.69, 9.17) is 10.2 Å². The number of aryl methyl sites for hydroxylation is 1. The summed E-state index contributed by atoms with van der Waals surface area (Å²) < 4.78 is 0. The van der Waals surface area contributed by atoms with Crippen molar-refractivity contribution in [3.05, 3.63) is 77.4 Å². The number of nitrogens with one attached hydrogen (secondary N) is 1. The molecule has 4 rings (SSSR count). The second kappa shape index (κ2) is 15.0. The monoisotopic (exact) mass is 506 g/mol. The molecule has 198 valence electrons. The number of Topliss-reactive ketones (excluding diaryl/α,β-unsaturated/α-hetero) is 1. The Hall–Kier alpha value is -3.45. The van der Waals surface area contributed by atoms with E-state index in [2.05, 4.69) is 52.7 Å². The Balaban J connectivity index is 0.000000414. The van der Waals surface area contributed by atoms with Crippen LogP contribution in [-0.2, 0) is 22.6 Å². The van der Waals surface area contributed by atoms with Crippen LogP contribution in [0.2, 0.25) is 0 Å². The van der Waals surface area contributed by atoms with Crippen LogP contribution in [-0.4, -0.2) is 52.5 Å². The van der Waals surface area contributed by atoms with Crippen LogP contribution in [0.1, 0.15) is 66.4 Å². The summed E-state index contributed by atoms with van der Waals surface area (Å²) in [6, 6.07) is 17.1. The summed E-state index contributed by atoms with van der Waals surface area (Å²) in [6.45, 7) is 4.37. The van der Waals surface area contributed by atoms with Gasteiger partial charge in [0.2, 0.25) is 0 Å². The number of carbonyl (C=O) groups excluding carboxylic acids is 1. The number of nitrogens with zero attached hydrogens (tertiary/aromatic N) is 1. The van der Waals surface area contributed by atoms with Gasteiger partial charge < -0.3 is 15.5 Å². The van der Waals surface area contributed by atoms with Crippen LogP contribution in [0, 0.1) is 5.92 Å². The SMILES string of the molecule is O=C(CCC1CCN(Cc2ccccc2)CC1)c1ccc2c(c1)NCCCCC2.O=C(O)/C=C/C(=O)O. The molecule has 3 N–H and O–H groups in total. The van der Waals surface area contributed by atoms with Gasteiger partial charge in [0.25, 0.3) is 0 Å². The molecule has 2 aromatic carbocycles. The minimum Gasteiger partial charge on any atom is -0.478 e. The Kier molecular flexibility index (Phi) is 11.4. The number of hydrogen-bond donors (Lipinski definition) is 3. The smallest absolute Gasteiger partial charge is 0.328 e. The zero-order valence-corrected chi connectivity index (χ0v) is 21.4. The Morgan fingerprint density at radius 1 is 0.919 bits per heavy atom. The van der Waals surface area contributed by atoms with Gasteiger partial charge in [0.15, 0.2) is 5.78 Å². The molecule has 0 unspecified atom stereocenters. The molecule has 2 heterocycles. The molecule has 2 aliphatic rings. The summed E-state index contributed by atoms with van der Waals surface area (Å²) in [5.41, 5.74) is 4.84. The van der Waals surface area contributed by atoms with Gasteiger partial charge >= 0.3 is 11.9 Å². The highest BCUT2D eigenvalue weighted by Crippen LogP contribution is 2.26. The summed E-state index contributed by atoms with van der Waals surface area (Å²) in [4.78, 5) is 34.5. The molecule has 7 heteroatoms. The normalized spacial score (nSPS) is 16.4. The molecule has 0 radical (unpaired) electrons. The molecule has 0 bridgehead atoms. The molecule has 0 atom stereocenters. The third-order valence-electron chi connectivity index (χ3n) is 6.97.